The van der Waals surface area contributed by atoms with Crippen molar-refractivity contribution in [1.82, 2.24) is 5.43 Å². The number of rotatable bonds is 4. The summed E-state index contributed by atoms with van der Waals surface area (Å²) in [4.78, 5) is 0. The molecule has 1 heterocycles. The van der Waals surface area contributed by atoms with Gasteiger partial charge in [-0.25, -0.2) is 0 Å². The molecule has 0 aromatic heterocycles. The first-order valence-corrected chi connectivity index (χ1v) is 8.17. The van der Waals surface area contributed by atoms with Crippen LogP contribution in [0.5, 0.6) is 0 Å². The van der Waals surface area contributed by atoms with Gasteiger partial charge in [-0.05, 0) is 18.3 Å². The first-order chi connectivity index (χ1) is 8.36. The highest BCUT2D eigenvalue weighted by molar-refractivity contribution is 7.99. The van der Waals surface area contributed by atoms with Crippen LogP contribution in [0.25, 0.3) is 0 Å². The maximum absolute atomic E-state index is 5.91. The first-order valence-electron chi connectivity index (χ1n) is 7.02. The molecular formula is C13H26N2OS. The van der Waals surface area contributed by atoms with Crippen molar-refractivity contribution < 1.29 is 4.74 Å². The van der Waals surface area contributed by atoms with Crippen molar-refractivity contribution in [2.45, 2.75) is 51.2 Å². The molecule has 4 heteroatoms. The van der Waals surface area contributed by atoms with E-state index in [4.69, 9.17) is 10.6 Å². The lowest BCUT2D eigenvalue weighted by atomic mass is 9.73. The summed E-state index contributed by atoms with van der Waals surface area (Å²) in [6, 6.07) is 0.355. The third-order valence-corrected chi connectivity index (χ3v) is 5.41. The highest BCUT2D eigenvalue weighted by Crippen LogP contribution is 2.36. The Kier molecular flexibility index (Phi) is 5.60. The van der Waals surface area contributed by atoms with Crippen LogP contribution in [0.4, 0.5) is 0 Å². The monoisotopic (exact) mass is 258 g/mol. The molecule has 0 radical (unpaired) electrons. The molecule has 2 fully saturated rings. The Morgan fingerprint density at radius 3 is 2.88 bits per heavy atom. The molecule has 3 nitrogen and oxygen atoms in total. The highest BCUT2D eigenvalue weighted by atomic mass is 32.2. The van der Waals surface area contributed by atoms with Crippen molar-refractivity contribution in [3.63, 3.8) is 0 Å². The summed E-state index contributed by atoms with van der Waals surface area (Å²) in [5, 5.41) is 0. The molecule has 17 heavy (non-hydrogen) atoms. The third kappa shape index (κ3) is 3.37. The minimum atomic E-state index is 0.316. The standard InChI is InChI=1S/C13H26N2OS/c1-2-10-5-3-4-6-11(10)13(15-14)12-9-17-8-7-16-12/h10-13,15H,2-9,14H2,1H3. The van der Waals surface area contributed by atoms with Crippen LogP contribution in [-0.4, -0.2) is 30.3 Å². The van der Waals surface area contributed by atoms with Crippen LogP contribution >= 0.6 is 11.8 Å². The summed E-state index contributed by atoms with van der Waals surface area (Å²) in [5.41, 5.74) is 3.07. The van der Waals surface area contributed by atoms with Crippen molar-refractivity contribution in [2.75, 3.05) is 18.1 Å². The predicted molar refractivity (Wildman–Crippen MR) is 73.9 cm³/mol. The summed E-state index contributed by atoms with van der Waals surface area (Å²) in [7, 11) is 0. The van der Waals surface area contributed by atoms with Gasteiger partial charge in [0, 0.05) is 11.5 Å². The largest absolute Gasteiger partial charge is 0.375 e. The molecule has 100 valence electrons. The minimum Gasteiger partial charge on any atom is -0.375 e. The van der Waals surface area contributed by atoms with Crippen LogP contribution in [0.3, 0.4) is 0 Å². The Hall–Kier alpha value is 0.230. The number of ether oxygens (including phenoxy) is 1. The van der Waals surface area contributed by atoms with E-state index in [2.05, 4.69) is 12.3 Å². The Bertz CT molecular complexity index is 221. The summed E-state index contributed by atoms with van der Waals surface area (Å²) in [6.45, 7) is 3.20. The number of hydrogen-bond acceptors (Lipinski definition) is 4. The smallest absolute Gasteiger partial charge is 0.0834 e. The van der Waals surface area contributed by atoms with Gasteiger partial charge in [-0.1, -0.05) is 32.6 Å². The summed E-state index contributed by atoms with van der Waals surface area (Å²) in [6.07, 6.45) is 7.04. The highest BCUT2D eigenvalue weighted by Gasteiger charge is 2.36. The molecule has 4 atom stereocenters. The normalized spacial score (nSPS) is 36.7. The second-order valence-corrected chi connectivity index (χ2v) is 6.44. The quantitative estimate of drug-likeness (QED) is 0.599. The number of thioether (sulfide) groups is 1. The van der Waals surface area contributed by atoms with Crippen molar-refractivity contribution in [3.8, 4) is 0 Å². The van der Waals surface area contributed by atoms with E-state index < -0.39 is 0 Å². The van der Waals surface area contributed by atoms with E-state index in [1.54, 1.807) is 0 Å². The van der Waals surface area contributed by atoms with Gasteiger partial charge in [-0.3, -0.25) is 11.3 Å². The number of hydrazine groups is 1. The zero-order chi connectivity index (χ0) is 12.1. The summed E-state index contributed by atoms with van der Waals surface area (Å²) in [5.74, 6) is 9.59. The minimum absolute atomic E-state index is 0.316. The number of nitrogens with one attached hydrogen (secondary N) is 1. The van der Waals surface area contributed by atoms with E-state index in [1.165, 1.54) is 32.1 Å². The van der Waals surface area contributed by atoms with Gasteiger partial charge < -0.3 is 4.74 Å². The Balaban J connectivity index is 1.99. The van der Waals surface area contributed by atoms with E-state index >= 15 is 0 Å². The van der Waals surface area contributed by atoms with Crippen LogP contribution in [0.1, 0.15) is 39.0 Å². The fraction of sp³-hybridized carbons (Fsp3) is 1.00. The molecule has 0 bridgehead atoms. The summed E-state index contributed by atoms with van der Waals surface area (Å²) < 4.78 is 5.91. The molecular weight excluding hydrogens is 232 g/mol. The molecule has 0 aromatic carbocycles. The molecule has 0 amide bonds. The lowest BCUT2D eigenvalue weighted by molar-refractivity contribution is 0.0100. The molecule has 0 spiro atoms. The molecule has 1 saturated carbocycles. The molecule has 2 rings (SSSR count). The van der Waals surface area contributed by atoms with Gasteiger partial charge in [0.05, 0.1) is 18.8 Å². The lowest BCUT2D eigenvalue weighted by Gasteiger charge is -2.41. The Labute approximate surface area is 109 Å². The fourth-order valence-electron chi connectivity index (χ4n) is 3.44. The average Bonchev–Trinajstić information content (AvgIpc) is 2.41. The van der Waals surface area contributed by atoms with Crippen LogP contribution < -0.4 is 11.3 Å². The molecule has 1 saturated heterocycles. The van der Waals surface area contributed by atoms with Gasteiger partial charge in [0.25, 0.3) is 0 Å². The van der Waals surface area contributed by atoms with Gasteiger partial charge in [0.1, 0.15) is 0 Å². The second-order valence-electron chi connectivity index (χ2n) is 5.29. The molecule has 4 unspecified atom stereocenters. The van der Waals surface area contributed by atoms with Crippen molar-refractivity contribution in [2.24, 2.45) is 17.7 Å². The average molecular weight is 258 g/mol. The molecule has 1 aliphatic heterocycles. The van der Waals surface area contributed by atoms with E-state index in [9.17, 15) is 0 Å². The number of nitrogens with two attached hydrogens (primary N) is 1. The van der Waals surface area contributed by atoms with Crippen molar-refractivity contribution in [1.29, 1.82) is 0 Å². The van der Waals surface area contributed by atoms with Gasteiger partial charge in [0.2, 0.25) is 0 Å². The van der Waals surface area contributed by atoms with E-state index in [0.29, 0.717) is 18.1 Å². The third-order valence-electron chi connectivity index (χ3n) is 4.39. The molecule has 2 aliphatic rings. The van der Waals surface area contributed by atoms with Crippen LogP contribution in [-0.2, 0) is 4.74 Å². The SMILES string of the molecule is CCC1CCCCC1C(NN)C1CSCCO1. The predicted octanol–water partition coefficient (Wildman–Crippen LogP) is 2.17. The summed E-state index contributed by atoms with van der Waals surface area (Å²) >= 11 is 2.00. The lowest BCUT2D eigenvalue weighted by Crippen LogP contribution is -2.54. The molecule has 1 aliphatic carbocycles. The van der Waals surface area contributed by atoms with Crippen LogP contribution in [0, 0.1) is 11.8 Å². The zero-order valence-electron chi connectivity index (χ0n) is 10.9. The zero-order valence-corrected chi connectivity index (χ0v) is 11.7. The maximum atomic E-state index is 5.91. The van der Waals surface area contributed by atoms with Gasteiger partial charge >= 0.3 is 0 Å². The topological polar surface area (TPSA) is 47.3 Å². The Morgan fingerprint density at radius 2 is 2.24 bits per heavy atom. The number of hydrogen-bond donors (Lipinski definition) is 2. The molecule has 3 N–H and O–H groups in total. The van der Waals surface area contributed by atoms with Gasteiger partial charge in [-0.2, -0.15) is 11.8 Å². The van der Waals surface area contributed by atoms with E-state index in [0.717, 1.165) is 24.0 Å². The van der Waals surface area contributed by atoms with Crippen molar-refractivity contribution in [3.05, 3.63) is 0 Å². The van der Waals surface area contributed by atoms with Gasteiger partial charge in [-0.15, -0.1) is 0 Å². The van der Waals surface area contributed by atoms with E-state index in [1.807, 2.05) is 11.8 Å². The van der Waals surface area contributed by atoms with E-state index in [-0.39, 0.29) is 0 Å². The van der Waals surface area contributed by atoms with Crippen LogP contribution in [0.15, 0.2) is 0 Å². The first kappa shape index (κ1) is 13.7. The fourth-order valence-corrected chi connectivity index (χ4v) is 4.35. The maximum Gasteiger partial charge on any atom is 0.0834 e. The molecule has 0 aromatic rings. The van der Waals surface area contributed by atoms with Crippen LogP contribution in [0.2, 0.25) is 0 Å². The Morgan fingerprint density at radius 1 is 1.41 bits per heavy atom. The second kappa shape index (κ2) is 6.98. The van der Waals surface area contributed by atoms with Crippen molar-refractivity contribution >= 4 is 11.8 Å². The van der Waals surface area contributed by atoms with Gasteiger partial charge in [0.15, 0.2) is 0 Å².